The predicted molar refractivity (Wildman–Crippen MR) is 220 cm³/mol. The number of allylic oxidation sites excluding steroid dienone is 3. The topological polar surface area (TPSA) is 63.3 Å². The van der Waals surface area contributed by atoms with Crippen LogP contribution in [0.1, 0.15) is 147 Å². The Labute approximate surface area is 337 Å². The summed E-state index contributed by atoms with van der Waals surface area (Å²) in [7, 11) is 0. The zero-order chi connectivity index (χ0) is 38.2. The summed E-state index contributed by atoms with van der Waals surface area (Å²) in [5.74, 6) is 3.28. The number of pyridine rings is 1. The number of carbonyl (C=O) groups is 1. The Kier molecular flexibility index (Phi) is 13.6. The summed E-state index contributed by atoms with van der Waals surface area (Å²) in [5, 5.41) is 12.9. The van der Waals surface area contributed by atoms with Gasteiger partial charge in [0.1, 0.15) is 17.3 Å². The number of rotatable bonds is 10. The molecule has 0 fully saturated rings. The first kappa shape index (κ1) is 42.8. The summed E-state index contributed by atoms with van der Waals surface area (Å²) in [6, 6.07) is 16.9. The number of ketones is 1. The van der Waals surface area contributed by atoms with Crippen LogP contribution in [0.3, 0.4) is 0 Å². The Morgan fingerprint density at radius 2 is 1.62 bits per heavy atom. The summed E-state index contributed by atoms with van der Waals surface area (Å²) < 4.78 is 6.24. The van der Waals surface area contributed by atoms with Crippen LogP contribution in [0.25, 0.3) is 28.1 Å². The van der Waals surface area contributed by atoms with Crippen molar-refractivity contribution in [3.8, 4) is 11.3 Å². The van der Waals surface area contributed by atoms with Gasteiger partial charge in [0.2, 0.25) is 0 Å². The quantitative estimate of drug-likeness (QED) is 0.0976. The maximum atomic E-state index is 12.2. The number of aromatic nitrogens is 1. The van der Waals surface area contributed by atoms with Crippen LogP contribution in [0.15, 0.2) is 69.8 Å². The van der Waals surface area contributed by atoms with Gasteiger partial charge in [0.05, 0.1) is 0 Å². The molecule has 6 rings (SSSR count). The first-order chi connectivity index (χ1) is 24.5. The fourth-order valence-electron chi connectivity index (χ4n) is 7.46. The molecule has 0 bridgehead atoms. The SMILES string of the molecule is CCC(C)(CC)C(=O)/C=C(\O)C(C)(CC)CC.Cc1oc2c(c1CC(C)C)C1Sc3ccnc(-c4[c-]c5ccccc5c(C(C)(C)C)c4)c3C1C=C2.[Ir]. The monoisotopic (exact) mass is 911 g/mol. The van der Waals surface area contributed by atoms with Gasteiger partial charge in [-0.3, -0.25) is 9.78 Å². The van der Waals surface area contributed by atoms with Crippen LogP contribution < -0.4 is 0 Å². The molecule has 2 aliphatic rings. The third kappa shape index (κ3) is 8.51. The largest absolute Gasteiger partial charge is 0.512 e. The molecule has 53 heavy (non-hydrogen) atoms. The minimum atomic E-state index is -0.337. The van der Waals surface area contributed by atoms with Gasteiger partial charge < -0.3 is 9.52 Å². The predicted octanol–water partition coefficient (Wildman–Crippen LogP) is 13.7. The van der Waals surface area contributed by atoms with Crippen molar-refractivity contribution < 1.29 is 34.4 Å². The molecule has 0 saturated heterocycles. The van der Waals surface area contributed by atoms with Crippen LogP contribution in [0.2, 0.25) is 0 Å². The molecule has 0 amide bonds. The minimum absolute atomic E-state index is 0. The average Bonchev–Trinajstić information content (AvgIpc) is 3.66. The number of carbonyl (C=O) groups excluding carboxylic acids is 1. The first-order valence-electron chi connectivity index (χ1n) is 19.4. The molecule has 4 aromatic rings. The van der Waals surface area contributed by atoms with E-state index in [-0.39, 0.29) is 53.8 Å². The van der Waals surface area contributed by atoms with Gasteiger partial charge in [-0.05, 0) is 73.6 Å². The molecule has 2 aromatic carbocycles. The molecular weight excluding hydrogens is 851 g/mol. The van der Waals surface area contributed by atoms with E-state index < -0.39 is 0 Å². The molecule has 3 heterocycles. The van der Waals surface area contributed by atoms with Gasteiger partial charge in [-0.25, -0.2) is 0 Å². The molecule has 6 heteroatoms. The van der Waals surface area contributed by atoms with Gasteiger partial charge in [-0.1, -0.05) is 111 Å². The Bertz CT molecular complexity index is 1990. The number of aryl methyl sites for hydroxylation is 1. The molecule has 1 radical (unpaired) electrons. The van der Waals surface area contributed by atoms with Crippen molar-refractivity contribution in [3.05, 3.63) is 100 Å². The van der Waals surface area contributed by atoms with E-state index >= 15 is 0 Å². The Balaban J connectivity index is 0.000000299. The number of hydrogen-bond acceptors (Lipinski definition) is 5. The maximum absolute atomic E-state index is 12.2. The molecule has 4 nitrogen and oxygen atoms in total. The molecule has 1 aliphatic carbocycles. The molecule has 0 spiro atoms. The number of benzene rings is 2. The van der Waals surface area contributed by atoms with Crippen LogP contribution in [-0.4, -0.2) is 15.9 Å². The molecule has 2 atom stereocenters. The van der Waals surface area contributed by atoms with Crippen LogP contribution >= 0.6 is 11.8 Å². The van der Waals surface area contributed by atoms with Crippen LogP contribution in [-0.2, 0) is 36.7 Å². The van der Waals surface area contributed by atoms with Crippen molar-refractivity contribution in [1.29, 1.82) is 0 Å². The third-order valence-corrected chi connectivity index (χ3v) is 13.3. The number of thioether (sulfide) groups is 1. The number of furan rings is 1. The fourth-order valence-corrected chi connectivity index (χ4v) is 8.98. The second kappa shape index (κ2) is 16.8. The number of aliphatic hydroxyl groups is 1. The molecular formula is C47H60IrNO3S-. The van der Waals surface area contributed by atoms with Crippen LogP contribution in [0, 0.1) is 29.7 Å². The molecule has 1 N–H and O–H groups in total. The zero-order valence-corrected chi connectivity index (χ0v) is 37.2. The van der Waals surface area contributed by atoms with Crippen LogP contribution in [0.5, 0.6) is 0 Å². The zero-order valence-electron chi connectivity index (χ0n) is 34.0. The average molecular weight is 911 g/mol. The fraction of sp³-hybridized carbons (Fsp3) is 0.489. The summed E-state index contributed by atoms with van der Waals surface area (Å²) in [6.45, 7) is 25.6. The van der Waals surface area contributed by atoms with E-state index in [2.05, 4.69) is 96.2 Å². The second-order valence-electron chi connectivity index (χ2n) is 16.8. The van der Waals surface area contributed by atoms with E-state index in [0.717, 1.165) is 60.3 Å². The van der Waals surface area contributed by atoms with E-state index in [1.807, 2.05) is 59.5 Å². The first-order valence-corrected chi connectivity index (χ1v) is 20.3. The summed E-state index contributed by atoms with van der Waals surface area (Å²) in [5.41, 5.74) is 7.06. The van der Waals surface area contributed by atoms with Gasteiger partial charge in [0.25, 0.3) is 0 Å². The smallest absolute Gasteiger partial charge is 0.164 e. The van der Waals surface area contributed by atoms with Crippen molar-refractivity contribution in [2.75, 3.05) is 0 Å². The molecule has 2 aromatic heterocycles. The number of fused-ring (bicyclic) bond motifs is 6. The van der Waals surface area contributed by atoms with Gasteiger partial charge in [-0.15, -0.1) is 40.9 Å². The van der Waals surface area contributed by atoms with Gasteiger partial charge >= 0.3 is 0 Å². The normalized spacial score (nSPS) is 16.8. The van der Waals surface area contributed by atoms with E-state index in [9.17, 15) is 9.90 Å². The minimum Gasteiger partial charge on any atom is -0.512 e. The van der Waals surface area contributed by atoms with Gasteiger partial charge in [0, 0.05) is 70.5 Å². The molecule has 0 saturated carbocycles. The van der Waals surface area contributed by atoms with Crippen molar-refractivity contribution in [3.63, 3.8) is 0 Å². The second-order valence-corrected chi connectivity index (χ2v) is 18.0. The number of nitrogens with zero attached hydrogens (tertiary/aromatic N) is 1. The standard InChI is InChI=1S/C32H32NOS.C15H28O2.Ir/c1-18(2)15-24-19(3)34-26-12-11-23-29-27(35-31(23)28(24)26)13-14-33-30(29)21-16-20-9-7-8-10-22(20)25(17-21)32(4,5)6;1-7-14(5,8-2)12(16)11-13(17)15(6,9-3)10-4;/h7-14,17-18,23,31H,15H2,1-6H3;11,16H,7-10H2,1-6H3;/q-1;;/b;12-11-;. The number of hydrogen-bond donors (Lipinski definition) is 1. The van der Waals surface area contributed by atoms with E-state index in [0.29, 0.717) is 11.2 Å². The molecule has 1 aliphatic heterocycles. The Hall–Kier alpha value is -2.92. The maximum Gasteiger partial charge on any atom is 0.164 e. The van der Waals surface area contributed by atoms with Gasteiger partial charge in [-0.2, -0.15) is 0 Å². The van der Waals surface area contributed by atoms with Crippen LogP contribution in [0.4, 0.5) is 0 Å². The summed E-state index contributed by atoms with van der Waals surface area (Å²) in [6.07, 6.45) is 12.3. The van der Waals surface area contributed by atoms with Crippen molar-refractivity contribution in [2.45, 2.75) is 137 Å². The van der Waals surface area contributed by atoms with Crippen molar-refractivity contribution in [1.82, 2.24) is 4.98 Å². The summed E-state index contributed by atoms with van der Waals surface area (Å²) >= 11 is 1.97. The van der Waals surface area contributed by atoms with E-state index in [1.54, 1.807) is 0 Å². The molecule has 287 valence electrons. The van der Waals surface area contributed by atoms with E-state index in [4.69, 9.17) is 9.40 Å². The Morgan fingerprint density at radius 1 is 0.981 bits per heavy atom. The Morgan fingerprint density at radius 3 is 2.23 bits per heavy atom. The van der Waals surface area contributed by atoms with Crippen molar-refractivity contribution in [2.24, 2.45) is 16.7 Å². The van der Waals surface area contributed by atoms with Crippen molar-refractivity contribution >= 4 is 34.4 Å². The number of aliphatic hydroxyl groups excluding tert-OH is 1. The molecule has 2 unspecified atom stereocenters. The van der Waals surface area contributed by atoms with E-state index in [1.165, 1.54) is 38.6 Å². The summed E-state index contributed by atoms with van der Waals surface area (Å²) in [4.78, 5) is 18.5. The third-order valence-electron chi connectivity index (χ3n) is 11.9. The van der Waals surface area contributed by atoms with Gasteiger partial charge in [0.15, 0.2) is 5.78 Å².